The normalized spacial score (nSPS) is 11.2. The van der Waals surface area contributed by atoms with Crippen molar-refractivity contribution >= 4 is 0 Å². The van der Waals surface area contributed by atoms with Crippen molar-refractivity contribution in [1.82, 2.24) is 0 Å². The van der Waals surface area contributed by atoms with Gasteiger partial charge in [-0.3, -0.25) is 0 Å². The summed E-state index contributed by atoms with van der Waals surface area (Å²) in [4.78, 5) is 0. The standard InChI is InChI=1S/C14H32N.FH/c1-5-9-10-11-12-13-14-15(6-2,7-3)8-4;/h5-14H2,1-4H3;1H/q+1;/p-1. The summed E-state index contributed by atoms with van der Waals surface area (Å²) in [6, 6.07) is 0. The van der Waals surface area contributed by atoms with Gasteiger partial charge in [-0.15, -0.1) is 0 Å². The van der Waals surface area contributed by atoms with E-state index in [2.05, 4.69) is 27.7 Å². The van der Waals surface area contributed by atoms with E-state index in [0.29, 0.717) is 0 Å². The van der Waals surface area contributed by atoms with Crippen LogP contribution in [-0.2, 0) is 0 Å². The monoisotopic (exact) mass is 233 g/mol. The molecule has 0 heterocycles. The maximum absolute atomic E-state index is 2.34. The van der Waals surface area contributed by atoms with Crippen molar-refractivity contribution < 1.29 is 9.19 Å². The van der Waals surface area contributed by atoms with Crippen LogP contribution in [0.1, 0.15) is 66.2 Å². The van der Waals surface area contributed by atoms with Crippen molar-refractivity contribution in [2.45, 2.75) is 66.2 Å². The zero-order chi connectivity index (χ0) is 11.6. The van der Waals surface area contributed by atoms with Crippen LogP contribution in [0.15, 0.2) is 0 Å². The van der Waals surface area contributed by atoms with Crippen LogP contribution in [0.4, 0.5) is 0 Å². The fraction of sp³-hybridized carbons (Fsp3) is 1.00. The molecule has 0 radical (unpaired) electrons. The molecular weight excluding hydrogens is 201 g/mol. The van der Waals surface area contributed by atoms with E-state index in [0.717, 1.165) is 0 Å². The Hall–Kier alpha value is -0.110. The van der Waals surface area contributed by atoms with Crippen LogP contribution in [0.2, 0.25) is 0 Å². The van der Waals surface area contributed by atoms with E-state index < -0.39 is 0 Å². The molecular formula is C14H32FN. The summed E-state index contributed by atoms with van der Waals surface area (Å²) >= 11 is 0. The molecule has 0 aliphatic heterocycles. The van der Waals surface area contributed by atoms with Gasteiger partial charge in [0, 0.05) is 0 Å². The molecule has 0 aromatic heterocycles. The second-order valence-electron chi connectivity index (χ2n) is 4.78. The quantitative estimate of drug-likeness (QED) is 0.393. The Kier molecular flexibility index (Phi) is 13.0. The number of rotatable bonds is 10. The number of halogens is 1. The summed E-state index contributed by atoms with van der Waals surface area (Å²) in [7, 11) is 0. The first-order chi connectivity index (χ1) is 7.24. The highest BCUT2D eigenvalue weighted by molar-refractivity contribution is 4.45. The van der Waals surface area contributed by atoms with Crippen molar-refractivity contribution in [1.29, 1.82) is 0 Å². The van der Waals surface area contributed by atoms with E-state index in [1.807, 2.05) is 0 Å². The molecule has 0 spiro atoms. The number of hydrogen-bond acceptors (Lipinski definition) is 0. The highest BCUT2D eigenvalue weighted by atomic mass is 19.0. The summed E-state index contributed by atoms with van der Waals surface area (Å²) in [5.74, 6) is 0. The fourth-order valence-corrected chi connectivity index (χ4v) is 2.37. The summed E-state index contributed by atoms with van der Waals surface area (Å²) < 4.78 is 1.33. The first kappa shape index (κ1) is 18.3. The molecule has 1 nitrogen and oxygen atoms in total. The van der Waals surface area contributed by atoms with Crippen LogP contribution in [0.3, 0.4) is 0 Å². The Morgan fingerprint density at radius 2 is 1.06 bits per heavy atom. The van der Waals surface area contributed by atoms with Crippen molar-refractivity contribution in [3.05, 3.63) is 0 Å². The molecule has 16 heavy (non-hydrogen) atoms. The smallest absolute Gasteiger partial charge is 0.0786 e. The lowest BCUT2D eigenvalue weighted by atomic mass is 10.1. The third-order valence-corrected chi connectivity index (χ3v) is 4.00. The third kappa shape index (κ3) is 7.21. The minimum absolute atomic E-state index is 0. The maximum Gasteiger partial charge on any atom is 0.0786 e. The highest BCUT2D eigenvalue weighted by Gasteiger charge is 2.19. The molecule has 0 aromatic carbocycles. The zero-order valence-electron chi connectivity index (χ0n) is 11.9. The second kappa shape index (κ2) is 11.4. The molecule has 0 N–H and O–H groups in total. The van der Waals surface area contributed by atoms with Crippen LogP contribution in [0.25, 0.3) is 0 Å². The Bertz CT molecular complexity index is 124. The summed E-state index contributed by atoms with van der Waals surface area (Å²) in [6.07, 6.45) is 8.55. The van der Waals surface area contributed by atoms with E-state index in [-0.39, 0.29) is 4.70 Å². The average Bonchev–Trinajstić information content (AvgIpc) is 2.29. The van der Waals surface area contributed by atoms with Gasteiger partial charge in [-0.05, 0) is 33.6 Å². The van der Waals surface area contributed by atoms with Gasteiger partial charge < -0.3 is 9.19 Å². The van der Waals surface area contributed by atoms with Crippen LogP contribution >= 0.6 is 0 Å². The summed E-state index contributed by atoms with van der Waals surface area (Å²) in [5.41, 5.74) is 0. The molecule has 0 amide bonds. The first-order valence-corrected chi connectivity index (χ1v) is 7.09. The number of unbranched alkanes of at least 4 members (excludes halogenated alkanes) is 5. The molecule has 0 saturated carbocycles. The lowest BCUT2D eigenvalue weighted by Gasteiger charge is -2.35. The molecule has 0 aromatic rings. The molecule has 0 rings (SSSR count). The minimum atomic E-state index is 0. The molecule has 0 aliphatic carbocycles. The van der Waals surface area contributed by atoms with Gasteiger partial charge in [0.1, 0.15) is 0 Å². The molecule has 2 heteroatoms. The van der Waals surface area contributed by atoms with Gasteiger partial charge in [0.25, 0.3) is 0 Å². The van der Waals surface area contributed by atoms with E-state index in [1.165, 1.54) is 69.2 Å². The largest absolute Gasteiger partial charge is 1.00 e. The van der Waals surface area contributed by atoms with Gasteiger partial charge in [-0.25, -0.2) is 0 Å². The predicted octanol–water partition coefficient (Wildman–Crippen LogP) is 1.23. The fourth-order valence-electron chi connectivity index (χ4n) is 2.37. The molecule has 100 valence electrons. The molecule has 0 unspecified atom stereocenters. The van der Waals surface area contributed by atoms with Gasteiger partial charge in [-0.1, -0.05) is 32.6 Å². The number of nitrogens with zero attached hydrogens (tertiary/aromatic N) is 1. The molecule has 0 saturated heterocycles. The SMILES string of the molecule is CCCCCCCC[N+](CC)(CC)CC.[F-]. The molecule has 0 fully saturated rings. The van der Waals surface area contributed by atoms with Crippen molar-refractivity contribution in [2.75, 3.05) is 26.2 Å². The molecule has 0 bridgehead atoms. The van der Waals surface area contributed by atoms with E-state index in [9.17, 15) is 0 Å². The third-order valence-electron chi connectivity index (χ3n) is 4.00. The van der Waals surface area contributed by atoms with Crippen LogP contribution < -0.4 is 4.70 Å². The minimum Gasteiger partial charge on any atom is -1.00 e. The Morgan fingerprint density at radius 1 is 0.625 bits per heavy atom. The van der Waals surface area contributed by atoms with Crippen molar-refractivity contribution in [3.8, 4) is 0 Å². The first-order valence-electron chi connectivity index (χ1n) is 7.09. The number of quaternary nitrogens is 1. The van der Waals surface area contributed by atoms with Gasteiger partial charge >= 0.3 is 0 Å². The molecule has 0 atom stereocenters. The van der Waals surface area contributed by atoms with Gasteiger partial charge in [0.05, 0.1) is 26.2 Å². The van der Waals surface area contributed by atoms with Crippen LogP contribution in [-0.4, -0.2) is 30.7 Å². The second-order valence-corrected chi connectivity index (χ2v) is 4.78. The molecule has 0 aliphatic rings. The maximum atomic E-state index is 2.34. The Labute approximate surface area is 102 Å². The average molecular weight is 233 g/mol. The summed E-state index contributed by atoms with van der Waals surface area (Å²) in [5, 5.41) is 0. The lowest BCUT2D eigenvalue weighted by molar-refractivity contribution is -0.923. The Morgan fingerprint density at radius 3 is 1.50 bits per heavy atom. The summed E-state index contributed by atoms with van der Waals surface area (Å²) in [6.45, 7) is 14.6. The predicted molar refractivity (Wildman–Crippen MR) is 70.1 cm³/mol. The highest BCUT2D eigenvalue weighted by Crippen LogP contribution is 2.11. The van der Waals surface area contributed by atoms with Gasteiger partial charge in [0.15, 0.2) is 0 Å². The number of hydrogen-bond donors (Lipinski definition) is 0. The van der Waals surface area contributed by atoms with E-state index in [1.54, 1.807) is 0 Å². The van der Waals surface area contributed by atoms with Gasteiger partial charge in [0.2, 0.25) is 0 Å². The Balaban J connectivity index is 0. The lowest BCUT2D eigenvalue weighted by Crippen LogP contribution is -3.00. The van der Waals surface area contributed by atoms with Crippen molar-refractivity contribution in [3.63, 3.8) is 0 Å². The van der Waals surface area contributed by atoms with Crippen LogP contribution in [0.5, 0.6) is 0 Å². The topological polar surface area (TPSA) is 0 Å². The van der Waals surface area contributed by atoms with Gasteiger partial charge in [-0.2, -0.15) is 0 Å². The van der Waals surface area contributed by atoms with Crippen molar-refractivity contribution in [2.24, 2.45) is 0 Å². The zero-order valence-corrected chi connectivity index (χ0v) is 11.9. The van der Waals surface area contributed by atoms with Crippen LogP contribution in [0, 0.1) is 0 Å². The van der Waals surface area contributed by atoms with E-state index in [4.69, 9.17) is 0 Å². The van der Waals surface area contributed by atoms with E-state index >= 15 is 0 Å².